The van der Waals surface area contributed by atoms with Crippen molar-refractivity contribution in [2.75, 3.05) is 11.3 Å². The molecule has 2 aromatic rings. The SMILES string of the molecule is Cc1ccc(S(=O)(=O)Nc2cccc(C(=O)NCC(=O)NC(C)C)c2)cc1. The number of hydrogen-bond acceptors (Lipinski definition) is 4. The average molecular weight is 389 g/mol. The number of benzene rings is 2. The lowest BCUT2D eigenvalue weighted by atomic mass is 10.2. The molecule has 0 unspecified atom stereocenters. The third-order valence-corrected chi connectivity index (χ3v) is 4.96. The molecule has 2 aromatic carbocycles. The Bertz CT molecular complexity index is 922. The van der Waals surface area contributed by atoms with E-state index in [2.05, 4.69) is 15.4 Å². The van der Waals surface area contributed by atoms with Gasteiger partial charge in [-0.05, 0) is 51.1 Å². The molecule has 0 bridgehead atoms. The van der Waals surface area contributed by atoms with Crippen molar-refractivity contribution in [2.45, 2.75) is 31.7 Å². The number of rotatable bonds is 7. The zero-order valence-electron chi connectivity index (χ0n) is 15.4. The number of sulfonamides is 1. The molecule has 144 valence electrons. The van der Waals surface area contributed by atoms with Gasteiger partial charge in [0.1, 0.15) is 0 Å². The Morgan fingerprint density at radius 1 is 1.04 bits per heavy atom. The van der Waals surface area contributed by atoms with Crippen molar-refractivity contribution in [3.05, 3.63) is 59.7 Å². The normalized spacial score (nSPS) is 11.1. The maximum Gasteiger partial charge on any atom is 0.261 e. The summed E-state index contributed by atoms with van der Waals surface area (Å²) < 4.78 is 27.3. The molecule has 0 aliphatic heterocycles. The predicted molar refractivity (Wildman–Crippen MR) is 104 cm³/mol. The second-order valence-electron chi connectivity index (χ2n) is 6.40. The number of anilines is 1. The summed E-state index contributed by atoms with van der Waals surface area (Å²) in [6.45, 7) is 5.36. The van der Waals surface area contributed by atoms with Crippen molar-refractivity contribution < 1.29 is 18.0 Å². The number of amides is 2. The van der Waals surface area contributed by atoms with Gasteiger partial charge in [0.05, 0.1) is 11.4 Å². The molecule has 2 rings (SSSR count). The van der Waals surface area contributed by atoms with Crippen LogP contribution in [0.5, 0.6) is 0 Å². The standard InChI is InChI=1S/C19H23N3O4S/c1-13(2)21-18(23)12-20-19(24)15-5-4-6-16(11-15)22-27(25,26)17-9-7-14(3)8-10-17/h4-11,13,22H,12H2,1-3H3,(H,20,24)(H,21,23). The lowest BCUT2D eigenvalue weighted by Crippen LogP contribution is -2.39. The molecule has 7 nitrogen and oxygen atoms in total. The first-order valence-corrected chi connectivity index (χ1v) is 9.93. The molecule has 0 aliphatic rings. The van der Waals surface area contributed by atoms with E-state index in [1.165, 1.54) is 18.2 Å². The molecule has 2 amide bonds. The van der Waals surface area contributed by atoms with Gasteiger partial charge in [-0.2, -0.15) is 0 Å². The third kappa shape index (κ3) is 6.10. The summed E-state index contributed by atoms with van der Waals surface area (Å²) in [4.78, 5) is 23.9. The monoisotopic (exact) mass is 389 g/mol. The molecule has 0 aromatic heterocycles. The first kappa shape index (κ1) is 20.4. The number of nitrogens with one attached hydrogen (secondary N) is 3. The molecule has 0 radical (unpaired) electrons. The van der Waals surface area contributed by atoms with E-state index < -0.39 is 15.9 Å². The van der Waals surface area contributed by atoms with Gasteiger partial charge in [-0.15, -0.1) is 0 Å². The van der Waals surface area contributed by atoms with E-state index in [0.29, 0.717) is 0 Å². The van der Waals surface area contributed by atoms with E-state index >= 15 is 0 Å². The van der Waals surface area contributed by atoms with Gasteiger partial charge in [0.2, 0.25) is 5.91 Å². The molecule has 0 spiro atoms. The summed E-state index contributed by atoms with van der Waals surface area (Å²) in [7, 11) is -3.76. The highest BCUT2D eigenvalue weighted by Crippen LogP contribution is 2.17. The van der Waals surface area contributed by atoms with Crippen LogP contribution < -0.4 is 15.4 Å². The smallest absolute Gasteiger partial charge is 0.261 e. The largest absolute Gasteiger partial charge is 0.352 e. The molecule has 8 heteroatoms. The van der Waals surface area contributed by atoms with Gasteiger partial charge in [0.15, 0.2) is 0 Å². The molecule has 3 N–H and O–H groups in total. The number of carbonyl (C=O) groups is 2. The lowest BCUT2D eigenvalue weighted by Gasteiger charge is -2.11. The van der Waals surface area contributed by atoms with Crippen LogP contribution in [0, 0.1) is 6.92 Å². The summed E-state index contributed by atoms with van der Waals surface area (Å²) >= 11 is 0. The molecule has 0 saturated carbocycles. The summed E-state index contributed by atoms with van der Waals surface area (Å²) in [5, 5.41) is 5.17. The van der Waals surface area contributed by atoms with Gasteiger partial charge in [-0.3, -0.25) is 14.3 Å². The van der Waals surface area contributed by atoms with Crippen LogP contribution in [-0.2, 0) is 14.8 Å². The van der Waals surface area contributed by atoms with E-state index in [9.17, 15) is 18.0 Å². The fourth-order valence-electron chi connectivity index (χ4n) is 2.29. The van der Waals surface area contributed by atoms with Crippen LogP contribution in [0.1, 0.15) is 29.8 Å². The van der Waals surface area contributed by atoms with Gasteiger partial charge < -0.3 is 10.6 Å². The molecule has 0 saturated heterocycles. The van der Waals surface area contributed by atoms with Crippen molar-refractivity contribution >= 4 is 27.5 Å². The Kier molecular flexibility index (Phi) is 6.57. The average Bonchev–Trinajstić information content (AvgIpc) is 2.59. The van der Waals surface area contributed by atoms with Crippen molar-refractivity contribution in [3.63, 3.8) is 0 Å². The fraction of sp³-hybridized carbons (Fsp3) is 0.263. The predicted octanol–water partition coefficient (Wildman–Crippen LogP) is 2.05. The van der Waals surface area contributed by atoms with E-state index in [-0.39, 0.29) is 34.6 Å². The zero-order chi connectivity index (χ0) is 20.0. The summed E-state index contributed by atoms with van der Waals surface area (Å²) in [6.07, 6.45) is 0. The van der Waals surface area contributed by atoms with Crippen LogP contribution in [0.4, 0.5) is 5.69 Å². The number of hydrogen-bond donors (Lipinski definition) is 3. The van der Waals surface area contributed by atoms with Crippen LogP contribution >= 0.6 is 0 Å². The Labute approximate surface area is 159 Å². The van der Waals surface area contributed by atoms with Gasteiger partial charge in [0, 0.05) is 17.3 Å². The Hall–Kier alpha value is -2.87. The van der Waals surface area contributed by atoms with Crippen molar-refractivity contribution in [1.29, 1.82) is 0 Å². The summed E-state index contributed by atoms with van der Waals surface area (Å²) in [5.41, 5.74) is 1.46. The summed E-state index contributed by atoms with van der Waals surface area (Å²) in [5.74, 6) is -0.764. The van der Waals surface area contributed by atoms with Gasteiger partial charge >= 0.3 is 0 Å². The zero-order valence-corrected chi connectivity index (χ0v) is 16.3. The van der Waals surface area contributed by atoms with E-state index in [4.69, 9.17) is 0 Å². The molecule has 0 heterocycles. The number of aryl methyl sites for hydroxylation is 1. The molecule has 0 aliphatic carbocycles. The van der Waals surface area contributed by atoms with Crippen LogP contribution in [0.15, 0.2) is 53.4 Å². The van der Waals surface area contributed by atoms with Crippen LogP contribution in [0.3, 0.4) is 0 Å². The minimum atomic E-state index is -3.76. The molecular formula is C19H23N3O4S. The van der Waals surface area contributed by atoms with Crippen LogP contribution in [0.2, 0.25) is 0 Å². The quantitative estimate of drug-likeness (QED) is 0.674. The first-order chi connectivity index (χ1) is 12.7. The minimum absolute atomic E-state index is 0.0195. The minimum Gasteiger partial charge on any atom is -0.352 e. The lowest BCUT2D eigenvalue weighted by molar-refractivity contribution is -0.120. The highest BCUT2D eigenvalue weighted by atomic mass is 32.2. The highest BCUT2D eigenvalue weighted by Gasteiger charge is 2.15. The number of carbonyl (C=O) groups excluding carboxylic acids is 2. The molecule has 27 heavy (non-hydrogen) atoms. The van der Waals surface area contributed by atoms with Gasteiger partial charge in [-0.25, -0.2) is 8.42 Å². The highest BCUT2D eigenvalue weighted by molar-refractivity contribution is 7.92. The molecular weight excluding hydrogens is 366 g/mol. The molecule has 0 fully saturated rings. The van der Waals surface area contributed by atoms with E-state index in [1.807, 2.05) is 20.8 Å². The van der Waals surface area contributed by atoms with Gasteiger partial charge in [0.25, 0.3) is 15.9 Å². The Balaban J connectivity index is 2.07. The van der Waals surface area contributed by atoms with Crippen LogP contribution in [0.25, 0.3) is 0 Å². The Morgan fingerprint density at radius 3 is 2.33 bits per heavy atom. The Morgan fingerprint density at radius 2 is 1.70 bits per heavy atom. The fourth-order valence-corrected chi connectivity index (χ4v) is 3.34. The maximum absolute atomic E-state index is 12.4. The first-order valence-electron chi connectivity index (χ1n) is 8.44. The second kappa shape index (κ2) is 8.68. The van der Waals surface area contributed by atoms with Crippen molar-refractivity contribution in [1.82, 2.24) is 10.6 Å². The van der Waals surface area contributed by atoms with Crippen molar-refractivity contribution in [3.8, 4) is 0 Å². The topological polar surface area (TPSA) is 104 Å². The van der Waals surface area contributed by atoms with E-state index in [0.717, 1.165) is 5.56 Å². The third-order valence-electron chi connectivity index (χ3n) is 3.57. The molecule has 0 atom stereocenters. The van der Waals surface area contributed by atoms with Crippen LogP contribution in [-0.4, -0.2) is 32.8 Å². The maximum atomic E-state index is 12.4. The van der Waals surface area contributed by atoms with Gasteiger partial charge in [-0.1, -0.05) is 23.8 Å². The van der Waals surface area contributed by atoms with Crippen molar-refractivity contribution in [2.24, 2.45) is 0 Å². The second-order valence-corrected chi connectivity index (χ2v) is 8.09. The summed E-state index contributed by atoms with van der Waals surface area (Å²) in [6, 6.07) is 12.5. The van der Waals surface area contributed by atoms with E-state index in [1.54, 1.807) is 30.3 Å².